The van der Waals surface area contributed by atoms with Gasteiger partial charge in [0.2, 0.25) is 0 Å². The van der Waals surface area contributed by atoms with E-state index >= 15 is 0 Å². The topological polar surface area (TPSA) is 63.7 Å². The van der Waals surface area contributed by atoms with E-state index in [1.807, 2.05) is 11.9 Å². The quantitative estimate of drug-likeness (QED) is 0.400. The molecule has 1 N–H and O–H groups in total. The standard InChI is InChI=1S/C20H38N6O2/c1-21-20(22-7-4-9-24-10-5-8-23(2)11-12-24)26-15-13-25(14-16-26)19(27)18-6-3-17-28-18/h18H,3-17H2,1-2H3,(H,21,22). The fourth-order valence-electron chi connectivity index (χ4n) is 4.27. The summed E-state index contributed by atoms with van der Waals surface area (Å²) in [5.41, 5.74) is 0. The molecule has 3 fully saturated rings. The summed E-state index contributed by atoms with van der Waals surface area (Å²) in [7, 11) is 4.06. The third kappa shape index (κ3) is 6.06. The van der Waals surface area contributed by atoms with E-state index in [-0.39, 0.29) is 12.0 Å². The molecule has 0 bridgehead atoms. The van der Waals surface area contributed by atoms with Crippen molar-refractivity contribution in [3.05, 3.63) is 0 Å². The van der Waals surface area contributed by atoms with Crippen molar-refractivity contribution in [3.8, 4) is 0 Å². The Hall–Kier alpha value is -1.38. The van der Waals surface area contributed by atoms with Gasteiger partial charge in [-0.3, -0.25) is 9.79 Å². The van der Waals surface area contributed by atoms with Gasteiger partial charge in [0.15, 0.2) is 5.96 Å². The van der Waals surface area contributed by atoms with Crippen LogP contribution in [0.4, 0.5) is 0 Å². The first kappa shape index (κ1) is 21.3. The highest BCUT2D eigenvalue weighted by atomic mass is 16.5. The van der Waals surface area contributed by atoms with E-state index in [1.165, 1.54) is 32.6 Å². The number of guanidine groups is 1. The molecule has 3 aliphatic rings. The van der Waals surface area contributed by atoms with E-state index in [2.05, 4.69) is 32.1 Å². The summed E-state index contributed by atoms with van der Waals surface area (Å²) in [4.78, 5) is 26.1. The minimum absolute atomic E-state index is 0.170. The number of aliphatic imine (C=N–C) groups is 1. The molecule has 8 nitrogen and oxygen atoms in total. The molecular formula is C20H38N6O2. The molecule has 1 amide bonds. The molecule has 0 saturated carbocycles. The first-order chi connectivity index (χ1) is 13.7. The maximum atomic E-state index is 12.5. The minimum Gasteiger partial charge on any atom is -0.368 e. The van der Waals surface area contributed by atoms with E-state index in [0.717, 1.165) is 71.1 Å². The van der Waals surface area contributed by atoms with Crippen LogP contribution in [-0.4, -0.2) is 124 Å². The summed E-state index contributed by atoms with van der Waals surface area (Å²) in [6, 6.07) is 0. The highest BCUT2D eigenvalue weighted by Crippen LogP contribution is 2.16. The zero-order valence-electron chi connectivity index (χ0n) is 17.7. The van der Waals surface area contributed by atoms with Crippen LogP contribution >= 0.6 is 0 Å². The number of ether oxygens (including phenoxy) is 1. The van der Waals surface area contributed by atoms with Crippen LogP contribution in [-0.2, 0) is 9.53 Å². The Morgan fingerprint density at radius 1 is 1.04 bits per heavy atom. The van der Waals surface area contributed by atoms with Crippen molar-refractivity contribution in [3.63, 3.8) is 0 Å². The van der Waals surface area contributed by atoms with Gasteiger partial charge in [0.05, 0.1) is 0 Å². The summed E-state index contributed by atoms with van der Waals surface area (Å²) in [6.45, 7) is 10.7. The number of carbonyl (C=O) groups is 1. The molecule has 0 radical (unpaired) electrons. The van der Waals surface area contributed by atoms with Crippen molar-refractivity contribution in [2.75, 3.05) is 86.1 Å². The highest BCUT2D eigenvalue weighted by molar-refractivity contribution is 5.82. The van der Waals surface area contributed by atoms with Gasteiger partial charge in [0.1, 0.15) is 6.10 Å². The van der Waals surface area contributed by atoms with Gasteiger partial charge in [-0.15, -0.1) is 0 Å². The van der Waals surface area contributed by atoms with Crippen LogP contribution in [0.3, 0.4) is 0 Å². The molecule has 0 aromatic carbocycles. The molecule has 28 heavy (non-hydrogen) atoms. The predicted molar refractivity (Wildman–Crippen MR) is 112 cm³/mol. The first-order valence-corrected chi connectivity index (χ1v) is 10.9. The van der Waals surface area contributed by atoms with Gasteiger partial charge in [-0.2, -0.15) is 0 Å². The van der Waals surface area contributed by atoms with Crippen LogP contribution in [0.1, 0.15) is 25.7 Å². The molecule has 160 valence electrons. The van der Waals surface area contributed by atoms with Crippen LogP contribution in [0, 0.1) is 0 Å². The molecule has 3 heterocycles. The molecule has 3 rings (SSSR count). The van der Waals surface area contributed by atoms with Crippen molar-refractivity contribution >= 4 is 11.9 Å². The van der Waals surface area contributed by atoms with Crippen LogP contribution < -0.4 is 5.32 Å². The molecule has 8 heteroatoms. The summed E-state index contributed by atoms with van der Waals surface area (Å²) in [5, 5.41) is 3.51. The van der Waals surface area contributed by atoms with Crippen molar-refractivity contribution in [2.24, 2.45) is 4.99 Å². The maximum Gasteiger partial charge on any atom is 0.251 e. The van der Waals surface area contributed by atoms with Gasteiger partial charge in [-0.1, -0.05) is 0 Å². The number of rotatable bonds is 5. The Bertz CT molecular complexity index is 515. The number of amides is 1. The van der Waals surface area contributed by atoms with Gasteiger partial charge in [-0.05, 0) is 52.4 Å². The molecule has 1 atom stereocenters. The number of nitrogens with zero attached hydrogens (tertiary/aromatic N) is 5. The summed E-state index contributed by atoms with van der Waals surface area (Å²) >= 11 is 0. The number of carbonyl (C=O) groups excluding carboxylic acids is 1. The molecule has 3 saturated heterocycles. The monoisotopic (exact) mass is 394 g/mol. The van der Waals surface area contributed by atoms with Crippen molar-refractivity contribution < 1.29 is 9.53 Å². The fourth-order valence-corrected chi connectivity index (χ4v) is 4.27. The fraction of sp³-hybridized carbons (Fsp3) is 0.900. The SMILES string of the molecule is CN=C(NCCCN1CCCN(C)CC1)N1CCN(C(=O)C2CCCO2)CC1. The Kier molecular flexibility index (Phi) is 8.36. The lowest BCUT2D eigenvalue weighted by Crippen LogP contribution is -2.55. The lowest BCUT2D eigenvalue weighted by molar-refractivity contribution is -0.142. The average molecular weight is 395 g/mol. The van der Waals surface area contributed by atoms with Gasteiger partial charge in [-0.25, -0.2) is 0 Å². The second kappa shape index (κ2) is 11.0. The van der Waals surface area contributed by atoms with Crippen LogP contribution in [0.5, 0.6) is 0 Å². The Labute approximate surface area is 169 Å². The van der Waals surface area contributed by atoms with Gasteiger partial charge in [0, 0.05) is 59.5 Å². The second-order valence-electron chi connectivity index (χ2n) is 8.14. The minimum atomic E-state index is -0.206. The summed E-state index contributed by atoms with van der Waals surface area (Å²) in [5.74, 6) is 1.13. The average Bonchev–Trinajstić information content (AvgIpc) is 3.18. The Balaban J connectivity index is 1.33. The molecule has 0 aromatic heterocycles. The van der Waals surface area contributed by atoms with Gasteiger partial charge >= 0.3 is 0 Å². The van der Waals surface area contributed by atoms with Crippen molar-refractivity contribution in [1.82, 2.24) is 24.9 Å². The van der Waals surface area contributed by atoms with E-state index in [0.29, 0.717) is 0 Å². The Morgan fingerprint density at radius 2 is 1.82 bits per heavy atom. The third-order valence-corrected chi connectivity index (χ3v) is 6.05. The molecular weight excluding hydrogens is 356 g/mol. The normalized spacial score (nSPS) is 25.8. The smallest absolute Gasteiger partial charge is 0.251 e. The van der Waals surface area contributed by atoms with E-state index in [4.69, 9.17) is 4.74 Å². The van der Waals surface area contributed by atoms with Crippen LogP contribution in [0.15, 0.2) is 4.99 Å². The van der Waals surface area contributed by atoms with Crippen LogP contribution in [0.2, 0.25) is 0 Å². The van der Waals surface area contributed by atoms with E-state index in [9.17, 15) is 4.79 Å². The number of hydrogen-bond acceptors (Lipinski definition) is 5. The number of likely N-dealkylation sites (N-methyl/N-ethyl adjacent to an activating group) is 1. The van der Waals surface area contributed by atoms with Crippen LogP contribution in [0.25, 0.3) is 0 Å². The van der Waals surface area contributed by atoms with Crippen molar-refractivity contribution in [2.45, 2.75) is 31.8 Å². The summed E-state index contributed by atoms with van der Waals surface area (Å²) in [6.07, 6.45) is 4.06. The summed E-state index contributed by atoms with van der Waals surface area (Å²) < 4.78 is 5.55. The molecule has 0 aromatic rings. The molecule has 3 aliphatic heterocycles. The largest absolute Gasteiger partial charge is 0.368 e. The zero-order chi connectivity index (χ0) is 19.8. The van der Waals surface area contributed by atoms with E-state index in [1.54, 1.807) is 0 Å². The highest BCUT2D eigenvalue weighted by Gasteiger charge is 2.30. The second-order valence-corrected chi connectivity index (χ2v) is 8.14. The number of nitrogens with one attached hydrogen (secondary N) is 1. The zero-order valence-corrected chi connectivity index (χ0v) is 17.7. The Morgan fingerprint density at radius 3 is 2.54 bits per heavy atom. The van der Waals surface area contributed by atoms with E-state index < -0.39 is 0 Å². The molecule has 0 spiro atoms. The van der Waals surface area contributed by atoms with Gasteiger partial charge in [0.25, 0.3) is 5.91 Å². The van der Waals surface area contributed by atoms with Gasteiger partial charge < -0.3 is 29.7 Å². The van der Waals surface area contributed by atoms with Crippen molar-refractivity contribution in [1.29, 1.82) is 0 Å². The molecule has 0 aliphatic carbocycles. The number of hydrogen-bond donors (Lipinski definition) is 1. The third-order valence-electron chi connectivity index (χ3n) is 6.05. The first-order valence-electron chi connectivity index (χ1n) is 10.9. The number of piperazine rings is 1. The predicted octanol–water partition coefficient (Wildman–Crippen LogP) is -0.0874. The maximum absolute atomic E-state index is 12.5. The molecule has 1 unspecified atom stereocenters. The lowest BCUT2D eigenvalue weighted by Gasteiger charge is -2.37. The lowest BCUT2D eigenvalue weighted by atomic mass is 10.2.